The van der Waals surface area contributed by atoms with E-state index in [2.05, 4.69) is 25.7 Å². The van der Waals surface area contributed by atoms with Gasteiger partial charge in [0.15, 0.2) is 6.29 Å². The van der Waals surface area contributed by atoms with Crippen molar-refractivity contribution < 1.29 is 19.0 Å². The summed E-state index contributed by atoms with van der Waals surface area (Å²) in [5.74, 6) is -0.215. The maximum absolute atomic E-state index is 11.1. The van der Waals surface area contributed by atoms with Crippen LogP contribution in [-0.4, -0.2) is 54.6 Å². The van der Waals surface area contributed by atoms with Crippen LogP contribution < -0.4 is 0 Å². The zero-order valence-electron chi connectivity index (χ0n) is 14.5. The molecule has 3 unspecified atom stereocenters. The third-order valence-electron chi connectivity index (χ3n) is 4.49. The number of carbonyl (C=O) groups is 1. The lowest BCUT2D eigenvalue weighted by Gasteiger charge is -2.46. The van der Waals surface area contributed by atoms with Gasteiger partial charge in [-0.15, -0.1) is 0 Å². The second-order valence-electron chi connectivity index (χ2n) is 7.40. The number of hydrogen-bond acceptors (Lipinski definition) is 5. The van der Waals surface area contributed by atoms with Gasteiger partial charge in [0.2, 0.25) is 0 Å². The second-order valence-corrected chi connectivity index (χ2v) is 7.40. The van der Waals surface area contributed by atoms with Crippen LogP contribution in [0.1, 0.15) is 59.8 Å². The van der Waals surface area contributed by atoms with Crippen LogP contribution in [0.25, 0.3) is 0 Å². The minimum Gasteiger partial charge on any atom is -0.464 e. The van der Waals surface area contributed by atoms with Gasteiger partial charge in [-0.2, -0.15) is 0 Å². The Labute approximate surface area is 134 Å². The molecule has 2 aliphatic heterocycles. The van der Waals surface area contributed by atoms with Crippen molar-refractivity contribution in [3.63, 3.8) is 0 Å². The molecule has 22 heavy (non-hydrogen) atoms. The van der Waals surface area contributed by atoms with Crippen molar-refractivity contribution >= 4 is 5.97 Å². The van der Waals surface area contributed by atoms with E-state index in [4.69, 9.17) is 14.2 Å². The quantitative estimate of drug-likeness (QED) is 0.747. The van der Waals surface area contributed by atoms with Gasteiger partial charge < -0.3 is 14.2 Å². The Morgan fingerprint density at radius 1 is 1.27 bits per heavy atom. The number of likely N-dealkylation sites (tertiary alicyclic amines) is 1. The van der Waals surface area contributed by atoms with Gasteiger partial charge in [0.25, 0.3) is 0 Å². The molecule has 0 spiro atoms. The Hall–Kier alpha value is -0.650. The number of piperidine rings is 1. The molecular weight excluding hydrogens is 282 g/mol. The third kappa shape index (κ3) is 5.21. The first kappa shape index (κ1) is 17.7. The molecule has 128 valence electrons. The van der Waals surface area contributed by atoms with Crippen LogP contribution in [0.4, 0.5) is 0 Å². The van der Waals surface area contributed by atoms with Gasteiger partial charge in [-0.25, -0.2) is 0 Å². The van der Waals surface area contributed by atoms with Crippen molar-refractivity contribution in [2.24, 2.45) is 0 Å². The van der Waals surface area contributed by atoms with Crippen molar-refractivity contribution in [1.29, 1.82) is 0 Å². The molecule has 0 bridgehead atoms. The summed E-state index contributed by atoms with van der Waals surface area (Å²) in [7, 11) is 0. The Kier molecular flexibility index (Phi) is 6.24. The summed E-state index contributed by atoms with van der Waals surface area (Å²) in [4.78, 5) is 13.6. The summed E-state index contributed by atoms with van der Waals surface area (Å²) in [6, 6.07) is 0.214. The van der Waals surface area contributed by atoms with Gasteiger partial charge in [-0.05, 0) is 52.9 Å². The highest BCUT2D eigenvalue weighted by Gasteiger charge is 2.36. The molecule has 2 heterocycles. The monoisotopic (exact) mass is 313 g/mol. The fourth-order valence-corrected chi connectivity index (χ4v) is 3.43. The van der Waals surface area contributed by atoms with E-state index in [1.807, 2.05) is 0 Å². The van der Waals surface area contributed by atoms with Crippen molar-refractivity contribution in [1.82, 2.24) is 4.90 Å². The highest BCUT2D eigenvalue weighted by molar-refractivity contribution is 5.65. The van der Waals surface area contributed by atoms with Gasteiger partial charge in [0.1, 0.15) is 6.61 Å². The summed E-state index contributed by atoms with van der Waals surface area (Å²) in [5, 5.41) is 0. The second kappa shape index (κ2) is 7.75. The minimum absolute atomic E-state index is 0.0469. The van der Waals surface area contributed by atoms with E-state index in [0.717, 1.165) is 38.8 Å². The number of ether oxygens (including phenoxy) is 3. The van der Waals surface area contributed by atoms with Gasteiger partial charge in [0.05, 0.1) is 6.10 Å². The number of nitrogens with zero attached hydrogens (tertiary/aromatic N) is 1. The molecule has 0 aromatic heterocycles. The van der Waals surface area contributed by atoms with E-state index in [0.29, 0.717) is 6.61 Å². The fourth-order valence-electron chi connectivity index (χ4n) is 3.43. The molecule has 0 radical (unpaired) electrons. The summed E-state index contributed by atoms with van der Waals surface area (Å²) in [5.41, 5.74) is 0.0666. The zero-order valence-corrected chi connectivity index (χ0v) is 14.5. The molecule has 2 aliphatic rings. The van der Waals surface area contributed by atoms with E-state index in [9.17, 15) is 4.79 Å². The van der Waals surface area contributed by atoms with Crippen molar-refractivity contribution in [2.45, 2.75) is 83.8 Å². The molecule has 0 amide bonds. The first-order valence-electron chi connectivity index (χ1n) is 8.53. The Morgan fingerprint density at radius 3 is 2.64 bits per heavy atom. The molecule has 5 heteroatoms. The summed E-state index contributed by atoms with van der Waals surface area (Å²) < 4.78 is 17.1. The minimum atomic E-state index is -0.215. The SMILES string of the molecule is CC(=O)OCC1CC(OC2CCCCO2)CCN1C(C)(C)C. The third-order valence-corrected chi connectivity index (χ3v) is 4.49. The summed E-state index contributed by atoms with van der Waals surface area (Å²) in [6.45, 7) is 10.3. The van der Waals surface area contributed by atoms with Crippen LogP contribution in [-0.2, 0) is 19.0 Å². The van der Waals surface area contributed by atoms with Crippen LogP contribution in [0, 0.1) is 0 Å². The van der Waals surface area contributed by atoms with E-state index < -0.39 is 0 Å². The number of rotatable bonds is 4. The molecule has 0 aromatic rings. The van der Waals surface area contributed by atoms with Crippen LogP contribution in [0.15, 0.2) is 0 Å². The molecule has 3 atom stereocenters. The maximum Gasteiger partial charge on any atom is 0.302 e. The first-order chi connectivity index (χ1) is 10.4. The highest BCUT2D eigenvalue weighted by Crippen LogP contribution is 2.29. The summed E-state index contributed by atoms with van der Waals surface area (Å²) >= 11 is 0. The zero-order chi connectivity index (χ0) is 16.2. The first-order valence-corrected chi connectivity index (χ1v) is 8.53. The largest absolute Gasteiger partial charge is 0.464 e. The number of hydrogen-bond donors (Lipinski definition) is 0. The smallest absolute Gasteiger partial charge is 0.302 e. The average molecular weight is 313 g/mol. The van der Waals surface area contributed by atoms with Gasteiger partial charge in [0, 0.05) is 31.7 Å². The Bertz CT molecular complexity index is 360. The van der Waals surface area contributed by atoms with Gasteiger partial charge in [-0.1, -0.05) is 0 Å². The van der Waals surface area contributed by atoms with E-state index >= 15 is 0 Å². The lowest BCUT2D eigenvalue weighted by atomic mass is 9.93. The lowest BCUT2D eigenvalue weighted by Crippen LogP contribution is -2.55. The molecule has 0 N–H and O–H groups in total. The van der Waals surface area contributed by atoms with Crippen molar-refractivity contribution in [3.8, 4) is 0 Å². The predicted octanol–water partition coefficient (Wildman–Crippen LogP) is 2.72. The molecule has 5 nitrogen and oxygen atoms in total. The van der Waals surface area contributed by atoms with Crippen LogP contribution in [0.3, 0.4) is 0 Å². The van der Waals surface area contributed by atoms with E-state index in [-0.39, 0.29) is 29.9 Å². The fraction of sp³-hybridized carbons (Fsp3) is 0.941. The van der Waals surface area contributed by atoms with E-state index in [1.54, 1.807) is 0 Å². The van der Waals surface area contributed by atoms with Crippen LogP contribution >= 0.6 is 0 Å². The molecule has 0 aliphatic carbocycles. The average Bonchev–Trinajstić information content (AvgIpc) is 2.45. The van der Waals surface area contributed by atoms with Crippen LogP contribution in [0.2, 0.25) is 0 Å². The molecule has 0 saturated carbocycles. The normalized spacial score (nSPS) is 31.0. The molecular formula is C17H31NO4. The predicted molar refractivity (Wildman–Crippen MR) is 84.6 cm³/mol. The molecule has 2 fully saturated rings. The number of esters is 1. The highest BCUT2D eigenvalue weighted by atomic mass is 16.7. The standard InChI is InChI=1S/C17H31NO4/c1-13(19)21-12-14-11-15(8-9-18(14)17(2,3)4)22-16-7-5-6-10-20-16/h14-16H,5-12H2,1-4H3. The lowest BCUT2D eigenvalue weighted by molar-refractivity contribution is -0.203. The molecule has 2 saturated heterocycles. The van der Waals surface area contributed by atoms with Crippen LogP contribution in [0.5, 0.6) is 0 Å². The van der Waals surface area contributed by atoms with Gasteiger partial charge in [-0.3, -0.25) is 9.69 Å². The Balaban J connectivity index is 1.91. The Morgan fingerprint density at radius 2 is 2.05 bits per heavy atom. The van der Waals surface area contributed by atoms with Crippen molar-refractivity contribution in [3.05, 3.63) is 0 Å². The van der Waals surface area contributed by atoms with Gasteiger partial charge >= 0.3 is 5.97 Å². The molecule has 2 rings (SSSR count). The van der Waals surface area contributed by atoms with E-state index in [1.165, 1.54) is 13.3 Å². The topological polar surface area (TPSA) is 48.0 Å². The van der Waals surface area contributed by atoms with Crippen molar-refractivity contribution in [2.75, 3.05) is 19.8 Å². The number of carbonyl (C=O) groups excluding carboxylic acids is 1. The maximum atomic E-state index is 11.1. The summed E-state index contributed by atoms with van der Waals surface area (Å²) in [6.07, 6.45) is 5.36. The molecule has 0 aromatic carbocycles.